The largest absolute Gasteiger partial charge is 0.347 e. The first-order valence-electron chi connectivity index (χ1n) is 9.58. The SMILES string of the molecule is O=c1cc(-n2ccnc2)[nH]cc1-c1ncc(SC2C[C@H]3CCC[C@@H](C2)N3)nn1. The molecular weight excluding hydrogens is 374 g/mol. The molecule has 2 saturated heterocycles. The van der Waals surface area contributed by atoms with E-state index in [1.807, 2.05) is 0 Å². The molecule has 2 aliphatic rings. The lowest BCUT2D eigenvalue weighted by atomic mass is 9.87. The third kappa shape index (κ3) is 3.59. The molecule has 3 aromatic heterocycles. The number of nitrogens with zero attached hydrogens (tertiary/aromatic N) is 5. The number of aromatic amines is 1. The zero-order chi connectivity index (χ0) is 18.9. The predicted octanol–water partition coefficient (Wildman–Crippen LogP) is 2.18. The van der Waals surface area contributed by atoms with Crippen LogP contribution in [0.25, 0.3) is 17.2 Å². The molecule has 8 nitrogen and oxygen atoms in total. The van der Waals surface area contributed by atoms with Crippen LogP contribution >= 0.6 is 11.8 Å². The summed E-state index contributed by atoms with van der Waals surface area (Å²) >= 11 is 1.76. The number of hydrogen-bond acceptors (Lipinski definition) is 7. The second-order valence-corrected chi connectivity index (χ2v) is 8.71. The van der Waals surface area contributed by atoms with Crippen LogP contribution in [0.1, 0.15) is 32.1 Å². The molecule has 0 aliphatic carbocycles. The van der Waals surface area contributed by atoms with Crippen molar-refractivity contribution in [2.24, 2.45) is 0 Å². The Labute approximate surface area is 166 Å². The summed E-state index contributed by atoms with van der Waals surface area (Å²) in [7, 11) is 0. The van der Waals surface area contributed by atoms with Crippen LogP contribution in [-0.4, -0.2) is 47.1 Å². The topological polar surface area (TPSA) is 101 Å². The van der Waals surface area contributed by atoms with Gasteiger partial charge in [-0.05, 0) is 25.7 Å². The van der Waals surface area contributed by atoms with Crippen molar-refractivity contribution in [1.82, 2.24) is 35.0 Å². The number of rotatable bonds is 4. The lowest BCUT2D eigenvalue weighted by Crippen LogP contribution is -2.49. The zero-order valence-electron chi connectivity index (χ0n) is 15.3. The number of H-pyrrole nitrogens is 1. The highest BCUT2D eigenvalue weighted by Crippen LogP contribution is 2.35. The van der Waals surface area contributed by atoms with E-state index in [1.54, 1.807) is 47.4 Å². The number of aromatic nitrogens is 6. The number of pyridine rings is 1. The van der Waals surface area contributed by atoms with E-state index in [4.69, 9.17) is 0 Å². The van der Waals surface area contributed by atoms with Crippen LogP contribution in [0.5, 0.6) is 0 Å². The summed E-state index contributed by atoms with van der Waals surface area (Å²) in [6, 6.07) is 2.78. The Kier molecular flexibility index (Phi) is 4.69. The van der Waals surface area contributed by atoms with E-state index in [9.17, 15) is 4.79 Å². The summed E-state index contributed by atoms with van der Waals surface area (Å²) in [6.07, 6.45) is 14.6. The molecule has 0 saturated carbocycles. The summed E-state index contributed by atoms with van der Waals surface area (Å²) in [6.45, 7) is 0. The maximum atomic E-state index is 12.5. The highest BCUT2D eigenvalue weighted by atomic mass is 32.2. The highest BCUT2D eigenvalue weighted by molar-refractivity contribution is 7.99. The summed E-state index contributed by atoms with van der Waals surface area (Å²) in [4.78, 5) is 23.9. The van der Waals surface area contributed by atoms with Crippen molar-refractivity contribution in [3.63, 3.8) is 0 Å². The number of thioether (sulfide) groups is 1. The molecule has 28 heavy (non-hydrogen) atoms. The van der Waals surface area contributed by atoms with Crippen molar-refractivity contribution in [2.45, 2.75) is 54.5 Å². The molecule has 9 heteroatoms. The smallest absolute Gasteiger partial charge is 0.194 e. The average Bonchev–Trinajstić information content (AvgIpc) is 3.23. The van der Waals surface area contributed by atoms with E-state index in [0.29, 0.717) is 34.5 Å². The lowest BCUT2D eigenvalue weighted by molar-refractivity contribution is 0.249. The molecule has 0 spiro atoms. The van der Waals surface area contributed by atoms with E-state index in [2.05, 4.69) is 30.5 Å². The van der Waals surface area contributed by atoms with Gasteiger partial charge in [-0.1, -0.05) is 18.2 Å². The van der Waals surface area contributed by atoms with Crippen molar-refractivity contribution in [2.75, 3.05) is 0 Å². The Morgan fingerprint density at radius 1 is 1.18 bits per heavy atom. The number of nitrogens with one attached hydrogen (secondary N) is 2. The van der Waals surface area contributed by atoms with Crippen molar-refractivity contribution in [3.8, 4) is 17.2 Å². The zero-order valence-corrected chi connectivity index (χ0v) is 16.1. The molecule has 5 heterocycles. The minimum atomic E-state index is -0.157. The van der Waals surface area contributed by atoms with Gasteiger partial charge in [-0.25, -0.2) is 9.97 Å². The third-order valence-electron chi connectivity index (χ3n) is 5.42. The van der Waals surface area contributed by atoms with Gasteiger partial charge in [0.1, 0.15) is 17.2 Å². The van der Waals surface area contributed by atoms with Gasteiger partial charge in [0.15, 0.2) is 11.3 Å². The van der Waals surface area contributed by atoms with E-state index < -0.39 is 0 Å². The van der Waals surface area contributed by atoms with Gasteiger partial charge in [0.05, 0.1) is 11.8 Å². The van der Waals surface area contributed by atoms with E-state index >= 15 is 0 Å². The van der Waals surface area contributed by atoms with Gasteiger partial charge in [-0.15, -0.1) is 10.2 Å². The number of hydrogen-bond donors (Lipinski definition) is 2. The van der Waals surface area contributed by atoms with Gasteiger partial charge in [0.25, 0.3) is 0 Å². The molecule has 2 fully saturated rings. The van der Waals surface area contributed by atoms with Crippen LogP contribution in [0.4, 0.5) is 0 Å². The number of imidazole rings is 1. The van der Waals surface area contributed by atoms with Gasteiger partial charge in [-0.3, -0.25) is 9.36 Å². The standard InChI is InChI=1S/C19H21N7OS/c27-16-8-17(26-5-4-20-11-26)21-9-15(16)19-22-10-18(24-25-19)28-14-6-12-2-1-3-13(7-14)23-12/h4-5,8-14,23H,1-3,6-7H2,(H,21,27)/t12-,13+,14?. The minimum Gasteiger partial charge on any atom is -0.347 e. The highest BCUT2D eigenvalue weighted by Gasteiger charge is 2.31. The molecule has 3 atom stereocenters. The van der Waals surface area contributed by atoms with Crippen molar-refractivity contribution < 1.29 is 0 Å². The fourth-order valence-electron chi connectivity index (χ4n) is 4.11. The first-order valence-corrected chi connectivity index (χ1v) is 10.5. The Balaban J connectivity index is 1.30. The molecular formula is C19H21N7OS. The van der Waals surface area contributed by atoms with Crippen LogP contribution in [0.2, 0.25) is 0 Å². The molecule has 3 aromatic rings. The minimum absolute atomic E-state index is 0.157. The second-order valence-electron chi connectivity index (χ2n) is 7.39. The molecule has 144 valence electrons. The van der Waals surface area contributed by atoms with Gasteiger partial charge in [0, 0.05) is 42.0 Å². The Morgan fingerprint density at radius 3 is 2.71 bits per heavy atom. The molecule has 0 amide bonds. The molecule has 5 rings (SSSR count). The summed E-state index contributed by atoms with van der Waals surface area (Å²) < 4.78 is 1.73. The Morgan fingerprint density at radius 2 is 2.04 bits per heavy atom. The van der Waals surface area contributed by atoms with Gasteiger partial charge in [0.2, 0.25) is 0 Å². The van der Waals surface area contributed by atoms with E-state index in [-0.39, 0.29) is 5.43 Å². The van der Waals surface area contributed by atoms with Crippen molar-refractivity contribution in [3.05, 3.63) is 47.4 Å². The summed E-state index contributed by atoms with van der Waals surface area (Å²) in [5.74, 6) is 0.979. The molecule has 0 radical (unpaired) electrons. The molecule has 1 unspecified atom stereocenters. The summed E-state index contributed by atoms with van der Waals surface area (Å²) in [5.41, 5.74) is 0.250. The van der Waals surface area contributed by atoms with Crippen LogP contribution in [0, 0.1) is 0 Å². The second kappa shape index (κ2) is 7.48. The quantitative estimate of drug-likeness (QED) is 0.698. The van der Waals surface area contributed by atoms with Gasteiger partial charge >= 0.3 is 0 Å². The molecule has 0 aromatic carbocycles. The van der Waals surface area contributed by atoms with Crippen LogP contribution < -0.4 is 10.7 Å². The van der Waals surface area contributed by atoms with Crippen molar-refractivity contribution in [1.29, 1.82) is 0 Å². The van der Waals surface area contributed by atoms with Gasteiger partial charge in [-0.2, -0.15) is 0 Å². The lowest BCUT2D eigenvalue weighted by Gasteiger charge is -2.39. The fraction of sp³-hybridized carbons (Fsp3) is 0.421. The normalized spacial score (nSPS) is 24.2. The third-order valence-corrected chi connectivity index (χ3v) is 6.57. The summed E-state index contributed by atoms with van der Waals surface area (Å²) in [5, 5.41) is 13.6. The van der Waals surface area contributed by atoms with Crippen LogP contribution in [0.3, 0.4) is 0 Å². The molecule has 2 N–H and O–H groups in total. The van der Waals surface area contributed by atoms with Gasteiger partial charge < -0.3 is 10.3 Å². The fourth-order valence-corrected chi connectivity index (χ4v) is 5.31. The number of piperidine rings is 2. The maximum Gasteiger partial charge on any atom is 0.194 e. The van der Waals surface area contributed by atoms with E-state index in [0.717, 1.165) is 5.03 Å². The van der Waals surface area contributed by atoms with Crippen LogP contribution in [0.15, 0.2) is 47.0 Å². The average molecular weight is 395 g/mol. The Bertz CT molecular complexity index is 990. The first kappa shape index (κ1) is 17.6. The monoisotopic (exact) mass is 395 g/mol. The van der Waals surface area contributed by atoms with Crippen LogP contribution in [-0.2, 0) is 0 Å². The van der Waals surface area contributed by atoms with E-state index in [1.165, 1.54) is 38.2 Å². The first-order chi connectivity index (χ1) is 13.7. The number of fused-ring (bicyclic) bond motifs is 2. The van der Waals surface area contributed by atoms with Crippen molar-refractivity contribution >= 4 is 11.8 Å². The predicted molar refractivity (Wildman–Crippen MR) is 106 cm³/mol. The molecule has 2 bridgehead atoms. The molecule has 2 aliphatic heterocycles. The maximum absolute atomic E-state index is 12.5. The Hall–Kier alpha value is -2.52.